The summed E-state index contributed by atoms with van der Waals surface area (Å²) in [5.41, 5.74) is 1.87. The van der Waals surface area contributed by atoms with E-state index in [4.69, 9.17) is 9.47 Å². The summed E-state index contributed by atoms with van der Waals surface area (Å²) >= 11 is 1.81. The van der Waals surface area contributed by atoms with Crippen molar-refractivity contribution in [1.29, 1.82) is 0 Å². The molecule has 2 aromatic heterocycles. The highest BCUT2D eigenvalue weighted by Gasteiger charge is 2.19. The lowest BCUT2D eigenvalue weighted by Gasteiger charge is -2.36. The van der Waals surface area contributed by atoms with Crippen molar-refractivity contribution in [3.05, 3.63) is 70.3 Å². The zero-order valence-electron chi connectivity index (χ0n) is 24.2. The summed E-state index contributed by atoms with van der Waals surface area (Å²) in [6.45, 7) is 9.83. The van der Waals surface area contributed by atoms with E-state index in [0.717, 1.165) is 76.0 Å². The molecule has 1 fully saturated rings. The van der Waals surface area contributed by atoms with Crippen LogP contribution in [-0.2, 0) is 16.3 Å². The quantitative estimate of drug-likeness (QED) is 0.134. The van der Waals surface area contributed by atoms with Crippen LogP contribution in [0.2, 0.25) is 0 Å². The predicted octanol–water partition coefficient (Wildman–Crippen LogP) is 6.52. The standard InChI is InChI=1S/C33H41N3O4S/c1-3-4-8-25(2)33(38)40-24-36-30-23-27(13-11-26(30)12-14-32(36)37)39-21-6-5-16-34-17-19-35(20-18-34)29-9-7-10-31-28(29)15-22-41-31/h7,9-15,22-23,25H,3-6,8,16-21,24H2,1-2H3. The molecule has 0 amide bonds. The topological polar surface area (TPSA) is 64.0 Å². The van der Waals surface area contributed by atoms with Gasteiger partial charge in [-0.3, -0.25) is 19.1 Å². The van der Waals surface area contributed by atoms with Gasteiger partial charge in [-0.1, -0.05) is 32.8 Å². The fraction of sp³-hybridized carbons (Fsp3) is 0.455. The minimum Gasteiger partial charge on any atom is -0.494 e. The van der Waals surface area contributed by atoms with Gasteiger partial charge < -0.3 is 14.4 Å². The molecule has 1 aliphatic rings. The molecule has 1 atom stereocenters. The first-order valence-corrected chi connectivity index (χ1v) is 15.8. The van der Waals surface area contributed by atoms with E-state index in [2.05, 4.69) is 46.4 Å². The van der Waals surface area contributed by atoms with Crippen LogP contribution in [0.15, 0.2) is 64.8 Å². The molecule has 1 unspecified atom stereocenters. The smallest absolute Gasteiger partial charge is 0.310 e. The molecule has 0 radical (unpaired) electrons. The number of aromatic nitrogens is 1. The molecular formula is C33H41N3O4S. The van der Waals surface area contributed by atoms with Crippen LogP contribution < -0.4 is 15.2 Å². The lowest BCUT2D eigenvalue weighted by atomic mass is 10.1. The van der Waals surface area contributed by atoms with Crippen molar-refractivity contribution in [1.82, 2.24) is 9.47 Å². The number of fused-ring (bicyclic) bond motifs is 2. The second-order valence-electron chi connectivity index (χ2n) is 10.9. The molecule has 2 aromatic carbocycles. The molecule has 4 aromatic rings. The molecule has 3 heterocycles. The monoisotopic (exact) mass is 575 g/mol. The van der Waals surface area contributed by atoms with E-state index < -0.39 is 0 Å². The molecule has 0 spiro atoms. The molecule has 41 heavy (non-hydrogen) atoms. The summed E-state index contributed by atoms with van der Waals surface area (Å²) in [6.07, 6.45) is 4.84. The van der Waals surface area contributed by atoms with E-state index in [1.165, 1.54) is 26.4 Å². The largest absolute Gasteiger partial charge is 0.494 e. The Balaban J connectivity index is 1.08. The molecule has 0 N–H and O–H groups in total. The third kappa shape index (κ3) is 7.29. The molecule has 218 valence electrons. The first-order valence-electron chi connectivity index (χ1n) is 14.9. The molecule has 0 bridgehead atoms. The molecular weight excluding hydrogens is 534 g/mol. The zero-order chi connectivity index (χ0) is 28.6. The minimum atomic E-state index is -0.268. The highest BCUT2D eigenvalue weighted by atomic mass is 32.1. The van der Waals surface area contributed by atoms with Gasteiger partial charge in [0, 0.05) is 54.1 Å². The summed E-state index contributed by atoms with van der Waals surface area (Å²) in [5, 5.41) is 4.45. The number of rotatable bonds is 13. The van der Waals surface area contributed by atoms with E-state index >= 15 is 0 Å². The van der Waals surface area contributed by atoms with Crippen molar-refractivity contribution in [2.45, 2.75) is 52.7 Å². The van der Waals surface area contributed by atoms with Gasteiger partial charge in [0.2, 0.25) is 0 Å². The number of thiophene rings is 1. The fourth-order valence-electron chi connectivity index (χ4n) is 5.48. The van der Waals surface area contributed by atoms with Crippen LogP contribution in [0, 0.1) is 5.92 Å². The van der Waals surface area contributed by atoms with Crippen LogP contribution in [-0.4, -0.2) is 54.8 Å². The molecule has 7 nitrogen and oxygen atoms in total. The second-order valence-corrected chi connectivity index (χ2v) is 11.9. The number of benzene rings is 2. The minimum absolute atomic E-state index is 0.0927. The second kappa shape index (κ2) is 14.0. The number of anilines is 1. The Morgan fingerprint density at radius 3 is 2.66 bits per heavy atom. The van der Waals surface area contributed by atoms with Crippen molar-refractivity contribution < 1.29 is 14.3 Å². The lowest BCUT2D eigenvalue weighted by Crippen LogP contribution is -2.46. The van der Waals surface area contributed by atoms with Gasteiger partial charge in [-0.05, 0) is 73.0 Å². The van der Waals surface area contributed by atoms with Gasteiger partial charge in [0.05, 0.1) is 18.0 Å². The number of unbranched alkanes of at least 4 members (excludes halogenated alkanes) is 2. The van der Waals surface area contributed by atoms with E-state index in [1.807, 2.05) is 25.1 Å². The Hall–Kier alpha value is -3.36. The Labute approximate surface area is 246 Å². The number of piperazine rings is 1. The van der Waals surface area contributed by atoms with Gasteiger partial charge in [0.25, 0.3) is 5.56 Å². The van der Waals surface area contributed by atoms with Gasteiger partial charge in [-0.2, -0.15) is 0 Å². The highest BCUT2D eigenvalue weighted by molar-refractivity contribution is 7.17. The molecule has 5 rings (SSSR count). The fourth-order valence-corrected chi connectivity index (χ4v) is 6.29. The van der Waals surface area contributed by atoms with Crippen LogP contribution in [0.25, 0.3) is 21.0 Å². The maximum atomic E-state index is 12.6. The summed E-state index contributed by atoms with van der Waals surface area (Å²) in [7, 11) is 0. The van der Waals surface area contributed by atoms with E-state index in [-0.39, 0.29) is 24.2 Å². The van der Waals surface area contributed by atoms with Gasteiger partial charge in [0.15, 0.2) is 6.73 Å². The summed E-state index contributed by atoms with van der Waals surface area (Å²) in [4.78, 5) is 30.1. The van der Waals surface area contributed by atoms with Gasteiger partial charge >= 0.3 is 5.97 Å². The number of pyridine rings is 1. The summed E-state index contributed by atoms with van der Waals surface area (Å²) in [5.74, 6) is 0.274. The Morgan fingerprint density at radius 1 is 1.00 bits per heavy atom. The first kappa shape index (κ1) is 29.1. The predicted molar refractivity (Wildman–Crippen MR) is 168 cm³/mol. The van der Waals surface area contributed by atoms with Crippen molar-refractivity contribution in [3.63, 3.8) is 0 Å². The van der Waals surface area contributed by atoms with Crippen molar-refractivity contribution >= 4 is 44.0 Å². The van der Waals surface area contributed by atoms with E-state index in [1.54, 1.807) is 17.4 Å². The summed E-state index contributed by atoms with van der Waals surface area (Å²) < 4.78 is 14.4. The molecule has 0 aliphatic carbocycles. The number of nitrogens with zero attached hydrogens (tertiary/aromatic N) is 3. The molecule has 1 aliphatic heterocycles. The number of carbonyl (C=O) groups excluding carboxylic acids is 1. The average molecular weight is 576 g/mol. The molecule has 8 heteroatoms. The van der Waals surface area contributed by atoms with Gasteiger partial charge in [0.1, 0.15) is 5.75 Å². The SMILES string of the molecule is CCCCC(C)C(=O)OCn1c(=O)ccc2ccc(OCCCCN3CCN(c4cccc5sccc45)CC3)cc21. The Morgan fingerprint density at radius 2 is 1.83 bits per heavy atom. The first-order chi connectivity index (χ1) is 20.0. The summed E-state index contributed by atoms with van der Waals surface area (Å²) in [6, 6.07) is 17.9. The number of esters is 1. The lowest BCUT2D eigenvalue weighted by molar-refractivity contribution is -0.152. The number of hydrogen-bond acceptors (Lipinski definition) is 7. The van der Waals surface area contributed by atoms with Crippen molar-refractivity contribution in [3.8, 4) is 5.75 Å². The molecule has 0 saturated carbocycles. The Kier molecular flexibility index (Phi) is 9.96. The van der Waals surface area contributed by atoms with Crippen molar-refractivity contribution in [2.75, 3.05) is 44.2 Å². The number of hydrogen-bond donors (Lipinski definition) is 0. The van der Waals surface area contributed by atoms with Gasteiger partial charge in [-0.25, -0.2) is 0 Å². The third-order valence-electron chi connectivity index (χ3n) is 8.02. The third-order valence-corrected chi connectivity index (χ3v) is 8.90. The number of ether oxygens (including phenoxy) is 2. The maximum Gasteiger partial charge on any atom is 0.310 e. The van der Waals surface area contributed by atoms with Crippen LogP contribution in [0.3, 0.4) is 0 Å². The van der Waals surface area contributed by atoms with E-state index in [9.17, 15) is 9.59 Å². The average Bonchev–Trinajstić information content (AvgIpc) is 3.49. The molecule has 1 saturated heterocycles. The van der Waals surface area contributed by atoms with E-state index in [0.29, 0.717) is 12.1 Å². The van der Waals surface area contributed by atoms with Crippen LogP contribution >= 0.6 is 11.3 Å². The number of carbonyl (C=O) groups is 1. The zero-order valence-corrected chi connectivity index (χ0v) is 25.0. The Bertz CT molecular complexity index is 1510. The maximum absolute atomic E-state index is 12.6. The van der Waals surface area contributed by atoms with Crippen LogP contribution in [0.4, 0.5) is 5.69 Å². The van der Waals surface area contributed by atoms with Gasteiger partial charge in [-0.15, -0.1) is 11.3 Å². The van der Waals surface area contributed by atoms with Crippen LogP contribution in [0.5, 0.6) is 5.75 Å². The van der Waals surface area contributed by atoms with Crippen LogP contribution in [0.1, 0.15) is 46.0 Å². The normalized spacial score (nSPS) is 14.9. The highest BCUT2D eigenvalue weighted by Crippen LogP contribution is 2.31. The van der Waals surface area contributed by atoms with Crippen molar-refractivity contribution in [2.24, 2.45) is 5.92 Å².